The Bertz CT molecular complexity index is 415. The Morgan fingerprint density at radius 3 is 2.12 bits per heavy atom. The first kappa shape index (κ1) is 12.4. The maximum absolute atomic E-state index is 12.3. The van der Waals surface area contributed by atoms with E-state index in [1.54, 1.807) is 32.0 Å². The molecular weight excluding hydrogens is 219 g/mol. The molecule has 86 valence electrons. The molecule has 0 radical (unpaired) electrons. The molecule has 0 saturated heterocycles. The Hall–Kier alpha value is -1.65. The van der Waals surface area contributed by atoms with Crippen LogP contribution >= 0.6 is 0 Å². The molecule has 0 aliphatic rings. The average Bonchev–Trinajstić information content (AvgIpc) is 2.15. The molecule has 1 rings (SSSR count). The van der Waals surface area contributed by atoms with Crippen molar-refractivity contribution in [1.29, 1.82) is 0 Å². The minimum atomic E-state index is -4.71. The first-order valence-corrected chi connectivity index (χ1v) is 4.53. The van der Waals surface area contributed by atoms with Crippen LogP contribution < -0.4 is 0 Å². The molecule has 0 aromatic heterocycles. The van der Waals surface area contributed by atoms with E-state index in [-0.39, 0.29) is 12.0 Å². The standard InChI is InChI=1S/C11H10F3NO/c1-7-4-3-5-8(2)10(7)15-9(6-16)11(12,13)14/h3-6H,1-2H3. The van der Waals surface area contributed by atoms with Gasteiger partial charge in [0.05, 0.1) is 5.69 Å². The van der Waals surface area contributed by atoms with E-state index >= 15 is 0 Å². The van der Waals surface area contributed by atoms with Gasteiger partial charge in [0.2, 0.25) is 0 Å². The summed E-state index contributed by atoms with van der Waals surface area (Å²) in [6, 6.07) is 5.01. The monoisotopic (exact) mass is 229 g/mol. The van der Waals surface area contributed by atoms with Crippen molar-refractivity contribution in [3.8, 4) is 0 Å². The van der Waals surface area contributed by atoms with Gasteiger partial charge in [0.25, 0.3) is 0 Å². The highest BCUT2D eigenvalue weighted by molar-refractivity contribution is 6.31. The minimum Gasteiger partial charge on any atom is -0.296 e. The van der Waals surface area contributed by atoms with Crippen LogP contribution in [0.25, 0.3) is 0 Å². The van der Waals surface area contributed by atoms with Crippen LogP contribution in [0.1, 0.15) is 11.1 Å². The zero-order valence-corrected chi connectivity index (χ0v) is 8.80. The SMILES string of the molecule is Cc1cccc(C)c1N=C(C=O)C(F)(F)F. The molecule has 1 aromatic rings. The summed E-state index contributed by atoms with van der Waals surface area (Å²) in [6.45, 7) is 3.29. The third-order valence-corrected chi connectivity index (χ3v) is 2.07. The van der Waals surface area contributed by atoms with E-state index in [0.29, 0.717) is 11.1 Å². The normalized spacial score (nSPS) is 12.7. The van der Waals surface area contributed by atoms with Crippen molar-refractivity contribution in [2.24, 2.45) is 4.99 Å². The number of aryl methyl sites for hydroxylation is 2. The van der Waals surface area contributed by atoms with Gasteiger partial charge in [-0.3, -0.25) is 4.79 Å². The van der Waals surface area contributed by atoms with E-state index in [2.05, 4.69) is 4.99 Å². The molecule has 0 atom stereocenters. The van der Waals surface area contributed by atoms with Crippen LogP contribution in [-0.4, -0.2) is 18.2 Å². The van der Waals surface area contributed by atoms with Crippen LogP contribution in [0.4, 0.5) is 18.9 Å². The zero-order valence-electron chi connectivity index (χ0n) is 8.80. The van der Waals surface area contributed by atoms with Gasteiger partial charge < -0.3 is 0 Å². The smallest absolute Gasteiger partial charge is 0.296 e. The van der Waals surface area contributed by atoms with Crippen molar-refractivity contribution in [3.63, 3.8) is 0 Å². The van der Waals surface area contributed by atoms with Crippen molar-refractivity contribution >= 4 is 17.7 Å². The Kier molecular flexibility index (Phi) is 3.47. The summed E-state index contributed by atoms with van der Waals surface area (Å²) < 4.78 is 36.9. The first-order valence-electron chi connectivity index (χ1n) is 4.53. The lowest BCUT2D eigenvalue weighted by Crippen LogP contribution is -2.23. The number of benzene rings is 1. The Labute approximate surface area is 90.8 Å². The molecule has 0 fully saturated rings. The van der Waals surface area contributed by atoms with Gasteiger partial charge in [0, 0.05) is 0 Å². The van der Waals surface area contributed by atoms with Crippen LogP contribution in [0.5, 0.6) is 0 Å². The van der Waals surface area contributed by atoms with Gasteiger partial charge in [-0.1, -0.05) is 18.2 Å². The van der Waals surface area contributed by atoms with Crippen molar-refractivity contribution in [1.82, 2.24) is 0 Å². The number of rotatable bonds is 2. The number of nitrogens with zero attached hydrogens (tertiary/aromatic N) is 1. The fourth-order valence-electron chi connectivity index (χ4n) is 1.26. The molecule has 5 heteroatoms. The lowest BCUT2D eigenvalue weighted by molar-refractivity contribution is -0.107. The van der Waals surface area contributed by atoms with Gasteiger partial charge in [0.15, 0.2) is 12.0 Å². The second-order valence-electron chi connectivity index (χ2n) is 3.35. The lowest BCUT2D eigenvalue weighted by atomic mass is 10.1. The third kappa shape index (κ3) is 2.68. The van der Waals surface area contributed by atoms with Gasteiger partial charge in [-0.05, 0) is 25.0 Å². The predicted molar refractivity (Wildman–Crippen MR) is 55.1 cm³/mol. The number of alkyl halides is 3. The second-order valence-corrected chi connectivity index (χ2v) is 3.35. The van der Waals surface area contributed by atoms with Crippen LogP contribution in [0, 0.1) is 13.8 Å². The van der Waals surface area contributed by atoms with Crippen molar-refractivity contribution < 1.29 is 18.0 Å². The summed E-state index contributed by atoms with van der Waals surface area (Å²) in [4.78, 5) is 13.7. The summed E-state index contributed by atoms with van der Waals surface area (Å²) in [5.41, 5.74) is -0.0148. The molecule has 0 aliphatic carbocycles. The Balaban J connectivity index is 3.30. The lowest BCUT2D eigenvalue weighted by Gasteiger charge is -2.07. The fraction of sp³-hybridized carbons (Fsp3) is 0.273. The molecule has 16 heavy (non-hydrogen) atoms. The van der Waals surface area contributed by atoms with Crippen LogP contribution in [0.3, 0.4) is 0 Å². The molecule has 0 spiro atoms. The topological polar surface area (TPSA) is 29.4 Å². The molecule has 0 aliphatic heterocycles. The third-order valence-electron chi connectivity index (χ3n) is 2.07. The molecular formula is C11H10F3NO. The second kappa shape index (κ2) is 4.47. The van der Waals surface area contributed by atoms with Crippen molar-refractivity contribution in [3.05, 3.63) is 29.3 Å². The van der Waals surface area contributed by atoms with E-state index in [4.69, 9.17) is 0 Å². The molecule has 2 nitrogen and oxygen atoms in total. The Morgan fingerprint density at radius 2 is 1.75 bits per heavy atom. The van der Waals surface area contributed by atoms with E-state index in [0.717, 1.165) is 0 Å². The van der Waals surface area contributed by atoms with E-state index in [1.165, 1.54) is 0 Å². The summed E-state index contributed by atoms with van der Waals surface area (Å²) in [5, 5.41) is 0. The maximum atomic E-state index is 12.3. The highest BCUT2D eigenvalue weighted by Crippen LogP contribution is 2.26. The highest BCUT2D eigenvalue weighted by atomic mass is 19.4. The van der Waals surface area contributed by atoms with E-state index in [9.17, 15) is 18.0 Å². The molecule has 1 aromatic carbocycles. The van der Waals surface area contributed by atoms with Gasteiger partial charge in [-0.15, -0.1) is 0 Å². The van der Waals surface area contributed by atoms with Crippen LogP contribution in [0.2, 0.25) is 0 Å². The largest absolute Gasteiger partial charge is 0.436 e. The van der Waals surface area contributed by atoms with E-state index in [1.807, 2.05) is 0 Å². The molecule has 0 bridgehead atoms. The van der Waals surface area contributed by atoms with Gasteiger partial charge in [-0.25, -0.2) is 4.99 Å². The zero-order chi connectivity index (χ0) is 12.3. The number of carbonyl (C=O) groups excluding carboxylic acids is 1. The maximum Gasteiger partial charge on any atom is 0.436 e. The summed E-state index contributed by atoms with van der Waals surface area (Å²) in [7, 11) is 0. The first-order chi connectivity index (χ1) is 7.36. The molecule has 0 N–H and O–H groups in total. The van der Waals surface area contributed by atoms with Gasteiger partial charge >= 0.3 is 6.18 Å². The molecule has 0 heterocycles. The Morgan fingerprint density at radius 1 is 1.25 bits per heavy atom. The van der Waals surface area contributed by atoms with Gasteiger partial charge in [0.1, 0.15) is 0 Å². The predicted octanol–water partition coefficient (Wildman–Crippen LogP) is 3.14. The van der Waals surface area contributed by atoms with Gasteiger partial charge in [-0.2, -0.15) is 13.2 Å². The molecule has 0 unspecified atom stereocenters. The number of carbonyl (C=O) groups is 1. The average molecular weight is 229 g/mol. The number of aldehydes is 1. The fourth-order valence-corrected chi connectivity index (χ4v) is 1.26. The van der Waals surface area contributed by atoms with Crippen LogP contribution in [0.15, 0.2) is 23.2 Å². The minimum absolute atomic E-state index is 0.196. The van der Waals surface area contributed by atoms with E-state index < -0.39 is 11.9 Å². The van der Waals surface area contributed by atoms with Crippen LogP contribution in [-0.2, 0) is 4.79 Å². The van der Waals surface area contributed by atoms with Crippen molar-refractivity contribution in [2.45, 2.75) is 20.0 Å². The molecule has 0 amide bonds. The number of para-hydroxylation sites is 1. The highest BCUT2D eigenvalue weighted by Gasteiger charge is 2.35. The van der Waals surface area contributed by atoms with Crippen molar-refractivity contribution in [2.75, 3.05) is 0 Å². The number of halogens is 3. The summed E-state index contributed by atoms with van der Waals surface area (Å²) in [5.74, 6) is 0. The number of aliphatic imine (C=N–C) groups is 1. The number of hydrogen-bond donors (Lipinski definition) is 0. The summed E-state index contributed by atoms with van der Waals surface area (Å²) >= 11 is 0. The molecule has 0 saturated carbocycles. The number of hydrogen-bond acceptors (Lipinski definition) is 2. The summed E-state index contributed by atoms with van der Waals surface area (Å²) in [6.07, 6.45) is -4.98. The quantitative estimate of drug-likeness (QED) is 0.565.